The van der Waals surface area contributed by atoms with Crippen LogP contribution < -0.4 is 20.1 Å². The van der Waals surface area contributed by atoms with Crippen LogP contribution in [0.1, 0.15) is 12.8 Å². The Morgan fingerprint density at radius 3 is 2.39 bits per heavy atom. The molecule has 2 amide bonds. The fourth-order valence-corrected chi connectivity index (χ4v) is 4.24. The Labute approximate surface area is 193 Å². The molecule has 2 N–H and O–H groups in total. The molecule has 1 aliphatic heterocycles. The summed E-state index contributed by atoms with van der Waals surface area (Å²) in [4.78, 5) is 27.5. The normalized spacial score (nSPS) is 14.6. The number of likely N-dealkylation sites (tertiary alicyclic amines) is 1. The second-order valence-corrected chi connectivity index (χ2v) is 8.18. The smallest absolute Gasteiger partial charge is 0.238 e. The molecule has 0 aliphatic carbocycles. The Morgan fingerprint density at radius 2 is 1.64 bits per heavy atom. The molecule has 0 saturated carbocycles. The van der Waals surface area contributed by atoms with Gasteiger partial charge in [0.1, 0.15) is 0 Å². The molecule has 4 rings (SSSR count). The van der Waals surface area contributed by atoms with E-state index in [1.807, 2.05) is 42.5 Å². The molecular formula is C26H29N3O4. The third-order valence-electron chi connectivity index (χ3n) is 6.04. The lowest BCUT2D eigenvalue weighted by atomic mass is 9.95. The number of anilines is 2. The molecule has 0 unspecified atom stereocenters. The van der Waals surface area contributed by atoms with E-state index in [9.17, 15) is 9.59 Å². The summed E-state index contributed by atoms with van der Waals surface area (Å²) in [6.07, 6.45) is 1.44. The number of rotatable bonds is 7. The van der Waals surface area contributed by atoms with E-state index in [0.717, 1.165) is 29.3 Å². The molecule has 172 valence electrons. The Morgan fingerprint density at radius 1 is 0.909 bits per heavy atom. The Bertz CT molecular complexity index is 1130. The SMILES string of the molecule is COc1ccc(NC(=O)CN2CCC(C(=O)Nc3cccc4ccccc34)CC2)cc1OC. The molecule has 3 aromatic carbocycles. The molecule has 0 bridgehead atoms. The number of nitrogens with one attached hydrogen (secondary N) is 2. The number of benzene rings is 3. The molecular weight excluding hydrogens is 418 g/mol. The van der Waals surface area contributed by atoms with E-state index < -0.39 is 0 Å². The Hall–Kier alpha value is -3.58. The summed E-state index contributed by atoms with van der Waals surface area (Å²) in [5.74, 6) is 1.06. The van der Waals surface area contributed by atoms with Gasteiger partial charge in [-0.25, -0.2) is 0 Å². The van der Waals surface area contributed by atoms with Gasteiger partial charge in [-0.1, -0.05) is 36.4 Å². The number of hydrogen-bond donors (Lipinski definition) is 2. The van der Waals surface area contributed by atoms with Crippen LogP contribution in [-0.2, 0) is 9.59 Å². The number of hydrogen-bond acceptors (Lipinski definition) is 5. The number of methoxy groups -OCH3 is 2. The maximum Gasteiger partial charge on any atom is 0.238 e. The van der Waals surface area contributed by atoms with Crippen molar-refractivity contribution < 1.29 is 19.1 Å². The average Bonchev–Trinajstić information content (AvgIpc) is 2.84. The van der Waals surface area contributed by atoms with E-state index in [1.54, 1.807) is 32.4 Å². The monoisotopic (exact) mass is 447 g/mol. The standard InChI is InChI=1S/C26H29N3O4/c1-32-23-11-10-20(16-24(23)33-2)27-25(30)17-29-14-12-19(13-15-29)26(31)28-22-9-5-7-18-6-3-4-8-21(18)22/h3-11,16,19H,12-15,17H2,1-2H3,(H,27,30)(H,28,31). The molecule has 0 spiro atoms. The summed E-state index contributed by atoms with van der Waals surface area (Å²) >= 11 is 0. The highest BCUT2D eigenvalue weighted by molar-refractivity contribution is 6.02. The molecule has 7 heteroatoms. The first-order valence-corrected chi connectivity index (χ1v) is 11.1. The first-order chi connectivity index (χ1) is 16.1. The second kappa shape index (κ2) is 10.4. The molecule has 0 aromatic heterocycles. The molecule has 0 radical (unpaired) electrons. The Balaban J connectivity index is 1.28. The van der Waals surface area contributed by atoms with E-state index >= 15 is 0 Å². The highest BCUT2D eigenvalue weighted by Crippen LogP contribution is 2.30. The quantitative estimate of drug-likeness (QED) is 0.569. The van der Waals surface area contributed by atoms with Crippen molar-refractivity contribution in [1.29, 1.82) is 0 Å². The molecule has 1 heterocycles. The van der Waals surface area contributed by atoms with Crippen LogP contribution in [0.15, 0.2) is 60.7 Å². The third-order valence-corrected chi connectivity index (χ3v) is 6.04. The van der Waals surface area contributed by atoms with Crippen LogP contribution in [0.5, 0.6) is 11.5 Å². The number of amides is 2. The summed E-state index contributed by atoms with van der Waals surface area (Å²) in [5.41, 5.74) is 1.50. The number of carbonyl (C=O) groups excluding carboxylic acids is 2. The minimum Gasteiger partial charge on any atom is -0.493 e. The lowest BCUT2D eigenvalue weighted by Crippen LogP contribution is -2.41. The zero-order valence-electron chi connectivity index (χ0n) is 19.0. The molecule has 1 aliphatic rings. The van der Waals surface area contributed by atoms with E-state index in [4.69, 9.17) is 9.47 Å². The number of carbonyl (C=O) groups is 2. The predicted octanol–water partition coefficient (Wildman–Crippen LogP) is 4.15. The van der Waals surface area contributed by atoms with Gasteiger partial charge in [-0.15, -0.1) is 0 Å². The lowest BCUT2D eigenvalue weighted by Gasteiger charge is -2.30. The zero-order valence-corrected chi connectivity index (χ0v) is 19.0. The largest absolute Gasteiger partial charge is 0.493 e. The zero-order chi connectivity index (χ0) is 23.2. The van der Waals surface area contributed by atoms with Gasteiger partial charge in [0.15, 0.2) is 11.5 Å². The number of ether oxygens (including phenoxy) is 2. The van der Waals surface area contributed by atoms with Gasteiger partial charge in [0.25, 0.3) is 0 Å². The number of piperidine rings is 1. The molecule has 1 saturated heterocycles. The Kier molecular flexibility index (Phi) is 7.10. The van der Waals surface area contributed by atoms with E-state index in [2.05, 4.69) is 15.5 Å². The summed E-state index contributed by atoms with van der Waals surface area (Å²) in [6.45, 7) is 1.69. The van der Waals surface area contributed by atoms with Crippen LogP contribution in [0.4, 0.5) is 11.4 Å². The van der Waals surface area contributed by atoms with Crippen molar-refractivity contribution in [3.8, 4) is 11.5 Å². The fraction of sp³-hybridized carbons (Fsp3) is 0.308. The minimum atomic E-state index is -0.0964. The predicted molar refractivity (Wildman–Crippen MR) is 130 cm³/mol. The van der Waals surface area contributed by atoms with Gasteiger partial charge < -0.3 is 20.1 Å². The van der Waals surface area contributed by atoms with E-state index in [-0.39, 0.29) is 24.3 Å². The maximum atomic E-state index is 12.9. The first-order valence-electron chi connectivity index (χ1n) is 11.1. The number of nitrogens with zero attached hydrogens (tertiary/aromatic N) is 1. The molecule has 0 atom stereocenters. The van der Waals surface area contributed by atoms with Crippen LogP contribution >= 0.6 is 0 Å². The highest BCUT2D eigenvalue weighted by atomic mass is 16.5. The highest BCUT2D eigenvalue weighted by Gasteiger charge is 2.26. The molecule has 1 fully saturated rings. The van der Waals surface area contributed by atoms with Crippen LogP contribution in [0.25, 0.3) is 10.8 Å². The van der Waals surface area contributed by atoms with Crippen molar-refractivity contribution in [1.82, 2.24) is 4.90 Å². The van der Waals surface area contributed by atoms with Gasteiger partial charge in [0.05, 0.1) is 20.8 Å². The summed E-state index contributed by atoms with van der Waals surface area (Å²) < 4.78 is 10.5. The van der Waals surface area contributed by atoms with Crippen molar-refractivity contribution in [3.63, 3.8) is 0 Å². The van der Waals surface area contributed by atoms with Gasteiger partial charge >= 0.3 is 0 Å². The van der Waals surface area contributed by atoms with Crippen LogP contribution in [0.2, 0.25) is 0 Å². The minimum absolute atomic E-state index is 0.0424. The molecule has 3 aromatic rings. The second-order valence-electron chi connectivity index (χ2n) is 8.18. The van der Waals surface area contributed by atoms with Gasteiger partial charge in [-0.05, 0) is 49.5 Å². The first kappa shape index (κ1) is 22.6. The van der Waals surface area contributed by atoms with Crippen LogP contribution in [0, 0.1) is 5.92 Å². The maximum absolute atomic E-state index is 12.9. The van der Waals surface area contributed by atoms with E-state index in [0.29, 0.717) is 30.3 Å². The van der Waals surface area contributed by atoms with Crippen molar-refractivity contribution >= 4 is 34.0 Å². The number of fused-ring (bicyclic) bond motifs is 1. The fourth-order valence-electron chi connectivity index (χ4n) is 4.24. The van der Waals surface area contributed by atoms with Crippen molar-refractivity contribution in [2.75, 3.05) is 44.5 Å². The van der Waals surface area contributed by atoms with E-state index in [1.165, 1.54) is 0 Å². The summed E-state index contributed by atoms with van der Waals surface area (Å²) in [5, 5.41) is 8.15. The summed E-state index contributed by atoms with van der Waals surface area (Å²) in [6, 6.07) is 19.2. The van der Waals surface area contributed by atoms with Gasteiger partial charge in [-0.2, -0.15) is 0 Å². The van der Waals surface area contributed by atoms with Crippen molar-refractivity contribution in [2.24, 2.45) is 5.92 Å². The molecule has 7 nitrogen and oxygen atoms in total. The van der Waals surface area contributed by atoms with Gasteiger partial charge in [-0.3, -0.25) is 14.5 Å². The van der Waals surface area contributed by atoms with Crippen molar-refractivity contribution in [3.05, 3.63) is 60.7 Å². The topological polar surface area (TPSA) is 79.9 Å². The molecule has 33 heavy (non-hydrogen) atoms. The van der Waals surface area contributed by atoms with Crippen LogP contribution in [-0.4, -0.2) is 50.6 Å². The summed E-state index contributed by atoms with van der Waals surface area (Å²) in [7, 11) is 3.13. The van der Waals surface area contributed by atoms with Crippen molar-refractivity contribution in [2.45, 2.75) is 12.8 Å². The van der Waals surface area contributed by atoms with Crippen LogP contribution in [0.3, 0.4) is 0 Å². The van der Waals surface area contributed by atoms with Gasteiger partial charge in [0, 0.05) is 28.7 Å². The average molecular weight is 448 g/mol. The lowest BCUT2D eigenvalue weighted by molar-refractivity contribution is -0.121. The van der Waals surface area contributed by atoms with Gasteiger partial charge in [0.2, 0.25) is 11.8 Å². The third kappa shape index (κ3) is 5.43.